The highest BCUT2D eigenvalue weighted by atomic mass is 32.1. The van der Waals surface area contributed by atoms with E-state index in [9.17, 15) is 4.79 Å². The summed E-state index contributed by atoms with van der Waals surface area (Å²) in [5, 5.41) is 4.19. The highest BCUT2D eigenvalue weighted by molar-refractivity contribution is 7.13. The van der Waals surface area contributed by atoms with Crippen LogP contribution < -0.4 is 5.32 Å². The molecular weight excluding hydrogens is 264 g/mol. The third kappa shape index (κ3) is 2.80. The fourth-order valence-corrected chi connectivity index (χ4v) is 3.28. The number of hydrogen-bond acceptors (Lipinski definition) is 6. The summed E-state index contributed by atoms with van der Waals surface area (Å²) in [5.74, 6) is 0.206. The zero-order chi connectivity index (χ0) is 13.2. The second-order valence-corrected chi connectivity index (χ2v) is 5.86. The molecule has 1 aliphatic carbocycles. The van der Waals surface area contributed by atoms with E-state index in [0.717, 1.165) is 36.6 Å². The number of hydrogen-bond donors (Lipinski definition) is 1. The molecule has 6 heteroatoms. The Balaban J connectivity index is 1.85. The van der Waals surface area contributed by atoms with Crippen LogP contribution >= 0.6 is 11.3 Å². The van der Waals surface area contributed by atoms with Crippen molar-refractivity contribution in [2.45, 2.75) is 31.8 Å². The Bertz CT molecular complexity index is 464. The summed E-state index contributed by atoms with van der Waals surface area (Å²) in [6.07, 6.45) is 2.22. The van der Waals surface area contributed by atoms with E-state index in [1.165, 1.54) is 11.3 Å². The van der Waals surface area contributed by atoms with Crippen LogP contribution in [0.3, 0.4) is 0 Å². The van der Waals surface area contributed by atoms with Crippen molar-refractivity contribution < 1.29 is 14.3 Å². The predicted molar refractivity (Wildman–Crippen MR) is 71.6 cm³/mol. The molecule has 2 aliphatic rings. The molecule has 3 rings (SSSR count). The first-order valence-electron chi connectivity index (χ1n) is 6.79. The normalized spacial score (nSPS) is 23.3. The number of aromatic nitrogens is 1. The quantitative estimate of drug-likeness (QED) is 0.854. The summed E-state index contributed by atoms with van der Waals surface area (Å²) in [5.41, 5.74) is 0.924. The molecule has 0 bridgehead atoms. The molecule has 1 N–H and O–H groups in total. The molecule has 104 valence electrons. The maximum Gasteiger partial charge on any atom is 0.350 e. The minimum absolute atomic E-state index is 0.0283. The molecule has 1 saturated carbocycles. The molecule has 0 radical (unpaired) electrons. The Kier molecular flexibility index (Phi) is 3.81. The standard InChI is InChI=1S/C13H18N2O3S/c1-2-17-13(16)11-10(8-3-4-8)15-12(19-11)9-7-14-5-6-18-9/h8-9,14H,2-7H2,1H3. The number of ether oxygens (including phenoxy) is 2. The van der Waals surface area contributed by atoms with Gasteiger partial charge in [-0.1, -0.05) is 0 Å². The Morgan fingerprint density at radius 2 is 2.42 bits per heavy atom. The van der Waals surface area contributed by atoms with Crippen LogP contribution in [-0.4, -0.2) is 37.3 Å². The summed E-state index contributed by atoms with van der Waals surface area (Å²) in [7, 11) is 0. The number of carbonyl (C=O) groups is 1. The van der Waals surface area contributed by atoms with Gasteiger partial charge in [-0.15, -0.1) is 11.3 Å². The summed E-state index contributed by atoms with van der Waals surface area (Å²) in [6, 6.07) is 0. The first-order valence-corrected chi connectivity index (χ1v) is 7.61. The van der Waals surface area contributed by atoms with Gasteiger partial charge in [0.05, 0.1) is 18.9 Å². The Morgan fingerprint density at radius 3 is 3.05 bits per heavy atom. The van der Waals surface area contributed by atoms with Gasteiger partial charge >= 0.3 is 5.97 Å². The van der Waals surface area contributed by atoms with E-state index in [1.54, 1.807) is 0 Å². The van der Waals surface area contributed by atoms with E-state index in [-0.39, 0.29) is 12.1 Å². The van der Waals surface area contributed by atoms with Crippen LogP contribution in [-0.2, 0) is 9.47 Å². The molecule has 1 aliphatic heterocycles. The lowest BCUT2D eigenvalue weighted by molar-refractivity contribution is 0.0275. The van der Waals surface area contributed by atoms with E-state index in [0.29, 0.717) is 24.0 Å². The van der Waals surface area contributed by atoms with Crippen molar-refractivity contribution in [2.24, 2.45) is 0 Å². The molecule has 5 nitrogen and oxygen atoms in total. The SMILES string of the molecule is CCOC(=O)c1sc(C2CNCCO2)nc1C1CC1. The van der Waals surface area contributed by atoms with Gasteiger partial charge in [0.2, 0.25) is 0 Å². The third-order valence-electron chi connectivity index (χ3n) is 3.30. The Hall–Kier alpha value is -0.980. The summed E-state index contributed by atoms with van der Waals surface area (Å²) < 4.78 is 10.8. The van der Waals surface area contributed by atoms with Crippen LogP contribution in [0, 0.1) is 0 Å². The molecule has 0 aromatic carbocycles. The molecular formula is C13H18N2O3S. The molecule has 19 heavy (non-hydrogen) atoms. The van der Waals surface area contributed by atoms with Gasteiger partial charge in [0, 0.05) is 19.0 Å². The van der Waals surface area contributed by atoms with Crippen LogP contribution in [0.2, 0.25) is 0 Å². The van der Waals surface area contributed by atoms with E-state index in [4.69, 9.17) is 9.47 Å². The van der Waals surface area contributed by atoms with E-state index in [1.807, 2.05) is 6.92 Å². The Labute approximate surface area is 116 Å². The lowest BCUT2D eigenvalue weighted by atomic mass is 10.2. The number of thiazole rings is 1. The number of nitrogens with zero attached hydrogens (tertiary/aromatic N) is 1. The second kappa shape index (κ2) is 5.56. The maximum atomic E-state index is 12.0. The van der Waals surface area contributed by atoms with Crippen molar-refractivity contribution in [3.8, 4) is 0 Å². The van der Waals surface area contributed by atoms with Crippen LogP contribution in [0.15, 0.2) is 0 Å². The second-order valence-electron chi connectivity index (χ2n) is 4.82. The highest BCUT2D eigenvalue weighted by Gasteiger charge is 2.34. The van der Waals surface area contributed by atoms with E-state index in [2.05, 4.69) is 10.3 Å². The van der Waals surface area contributed by atoms with Gasteiger partial charge in [-0.2, -0.15) is 0 Å². The zero-order valence-corrected chi connectivity index (χ0v) is 11.8. The number of esters is 1. The average molecular weight is 282 g/mol. The monoisotopic (exact) mass is 282 g/mol. The van der Waals surface area contributed by atoms with Gasteiger partial charge in [-0.05, 0) is 19.8 Å². The van der Waals surface area contributed by atoms with Crippen LogP contribution in [0.5, 0.6) is 0 Å². The number of nitrogens with one attached hydrogen (secondary N) is 1. The van der Waals surface area contributed by atoms with Crippen LogP contribution in [0.25, 0.3) is 0 Å². The van der Waals surface area contributed by atoms with Gasteiger partial charge in [-0.3, -0.25) is 0 Å². The maximum absolute atomic E-state index is 12.0. The molecule has 2 fully saturated rings. The summed E-state index contributed by atoms with van der Waals surface area (Å²) >= 11 is 1.43. The fourth-order valence-electron chi connectivity index (χ4n) is 2.19. The van der Waals surface area contributed by atoms with Crippen molar-refractivity contribution in [1.29, 1.82) is 0 Å². The lowest BCUT2D eigenvalue weighted by Crippen LogP contribution is -2.33. The molecule has 1 atom stereocenters. The van der Waals surface area contributed by atoms with Gasteiger partial charge in [0.1, 0.15) is 16.0 Å². The van der Waals surface area contributed by atoms with Gasteiger partial charge in [0.25, 0.3) is 0 Å². The molecule has 1 saturated heterocycles. The van der Waals surface area contributed by atoms with E-state index >= 15 is 0 Å². The van der Waals surface area contributed by atoms with Crippen molar-refractivity contribution in [1.82, 2.24) is 10.3 Å². The number of rotatable bonds is 4. The summed E-state index contributed by atoms with van der Waals surface area (Å²) in [6.45, 7) is 4.56. The third-order valence-corrected chi connectivity index (χ3v) is 4.44. The summed E-state index contributed by atoms with van der Waals surface area (Å²) in [4.78, 5) is 17.3. The number of carbonyl (C=O) groups excluding carboxylic acids is 1. The lowest BCUT2D eigenvalue weighted by Gasteiger charge is -2.21. The van der Waals surface area contributed by atoms with Crippen molar-refractivity contribution >= 4 is 17.3 Å². The first-order chi connectivity index (χ1) is 9.29. The smallest absolute Gasteiger partial charge is 0.350 e. The van der Waals surface area contributed by atoms with E-state index < -0.39 is 0 Å². The Morgan fingerprint density at radius 1 is 1.58 bits per heavy atom. The average Bonchev–Trinajstić information content (AvgIpc) is 3.19. The molecule has 1 aromatic heterocycles. The highest BCUT2D eigenvalue weighted by Crippen LogP contribution is 2.43. The predicted octanol–water partition coefficient (Wildman–Crippen LogP) is 1.86. The van der Waals surface area contributed by atoms with Gasteiger partial charge in [0.15, 0.2) is 0 Å². The molecule has 0 amide bonds. The molecule has 0 spiro atoms. The minimum atomic E-state index is -0.239. The first kappa shape index (κ1) is 13.0. The zero-order valence-electron chi connectivity index (χ0n) is 11.0. The van der Waals surface area contributed by atoms with Crippen molar-refractivity contribution in [3.05, 3.63) is 15.6 Å². The molecule has 1 aromatic rings. The number of morpholine rings is 1. The van der Waals surface area contributed by atoms with Crippen molar-refractivity contribution in [2.75, 3.05) is 26.3 Å². The molecule has 2 heterocycles. The minimum Gasteiger partial charge on any atom is -0.462 e. The largest absolute Gasteiger partial charge is 0.462 e. The van der Waals surface area contributed by atoms with Crippen LogP contribution in [0.1, 0.15) is 52.2 Å². The van der Waals surface area contributed by atoms with Gasteiger partial charge < -0.3 is 14.8 Å². The topological polar surface area (TPSA) is 60.5 Å². The fraction of sp³-hybridized carbons (Fsp3) is 0.692. The van der Waals surface area contributed by atoms with Crippen LogP contribution in [0.4, 0.5) is 0 Å². The van der Waals surface area contributed by atoms with Crippen molar-refractivity contribution in [3.63, 3.8) is 0 Å². The molecule has 1 unspecified atom stereocenters. The van der Waals surface area contributed by atoms with Gasteiger partial charge in [-0.25, -0.2) is 9.78 Å².